The number of aryl methyl sites for hydroxylation is 3. The van der Waals surface area contributed by atoms with Crippen LogP contribution in [0.2, 0.25) is 0 Å². The Kier molecular flexibility index (Phi) is 5.37. The van der Waals surface area contributed by atoms with Gasteiger partial charge in [0.2, 0.25) is 0 Å². The van der Waals surface area contributed by atoms with Gasteiger partial charge in [-0.1, -0.05) is 48.7 Å². The van der Waals surface area contributed by atoms with Crippen LogP contribution in [0.15, 0.2) is 41.4 Å². The van der Waals surface area contributed by atoms with E-state index in [2.05, 4.69) is 39.0 Å². The summed E-state index contributed by atoms with van der Waals surface area (Å²) >= 11 is 0. The largest absolute Gasteiger partial charge is 0.507 e. The first-order chi connectivity index (χ1) is 10.5. The predicted octanol–water partition coefficient (Wildman–Crippen LogP) is 4.95. The standard InChI is InChI=1S/C20H25NO/c1-5-6-11-21-20(17-9-7-14(2)12-16(17)4)18-13-15(3)8-10-19(18)22/h7-10,12-13,22H,5-6,11H2,1-4H3. The molecule has 22 heavy (non-hydrogen) atoms. The molecule has 2 nitrogen and oxygen atoms in total. The number of nitrogens with zero attached hydrogens (tertiary/aromatic N) is 1. The highest BCUT2D eigenvalue weighted by Crippen LogP contribution is 2.24. The van der Waals surface area contributed by atoms with Gasteiger partial charge in [-0.25, -0.2) is 0 Å². The number of hydrogen-bond acceptors (Lipinski definition) is 2. The Bertz CT molecular complexity index is 686. The molecular weight excluding hydrogens is 270 g/mol. The zero-order chi connectivity index (χ0) is 16.1. The fourth-order valence-electron chi connectivity index (χ4n) is 2.58. The van der Waals surface area contributed by atoms with Crippen molar-refractivity contribution in [3.05, 3.63) is 64.2 Å². The van der Waals surface area contributed by atoms with E-state index >= 15 is 0 Å². The van der Waals surface area contributed by atoms with Crippen molar-refractivity contribution in [3.8, 4) is 5.75 Å². The summed E-state index contributed by atoms with van der Waals surface area (Å²) in [5.41, 5.74) is 6.37. The highest BCUT2D eigenvalue weighted by Gasteiger charge is 2.14. The Labute approximate surface area is 133 Å². The lowest BCUT2D eigenvalue weighted by molar-refractivity contribution is 0.474. The van der Waals surface area contributed by atoms with Crippen molar-refractivity contribution in [1.29, 1.82) is 0 Å². The molecule has 0 aliphatic heterocycles. The molecule has 0 unspecified atom stereocenters. The molecule has 0 aliphatic rings. The average molecular weight is 295 g/mol. The van der Waals surface area contributed by atoms with Crippen molar-refractivity contribution >= 4 is 5.71 Å². The summed E-state index contributed by atoms with van der Waals surface area (Å²) in [7, 11) is 0. The molecule has 0 saturated heterocycles. The topological polar surface area (TPSA) is 32.6 Å². The van der Waals surface area contributed by atoms with Crippen molar-refractivity contribution in [2.45, 2.75) is 40.5 Å². The van der Waals surface area contributed by atoms with Gasteiger partial charge < -0.3 is 5.11 Å². The Hall–Kier alpha value is -2.09. The van der Waals surface area contributed by atoms with Crippen LogP contribution in [0.1, 0.15) is 47.6 Å². The van der Waals surface area contributed by atoms with Crippen LogP contribution in [-0.4, -0.2) is 17.4 Å². The third kappa shape index (κ3) is 3.76. The first kappa shape index (κ1) is 16.3. The van der Waals surface area contributed by atoms with Gasteiger partial charge in [0.1, 0.15) is 5.75 Å². The highest BCUT2D eigenvalue weighted by atomic mass is 16.3. The molecule has 1 N–H and O–H groups in total. The molecule has 2 heteroatoms. The van der Waals surface area contributed by atoms with Crippen molar-refractivity contribution in [1.82, 2.24) is 0 Å². The van der Waals surface area contributed by atoms with Gasteiger partial charge in [0.25, 0.3) is 0 Å². The smallest absolute Gasteiger partial charge is 0.124 e. The van der Waals surface area contributed by atoms with Crippen LogP contribution in [0.25, 0.3) is 0 Å². The molecule has 0 aromatic heterocycles. The van der Waals surface area contributed by atoms with E-state index < -0.39 is 0 Å². The molecule has 2 aromatic carbocycles. The predicted molar refractivity (Wildman–Crippen MR) is 94.2 cm³/mol. The normalized spacial score (nSPS) is 11.7. The lowest BCUT2D eigenvalue weighted by Crippen LogP contribution is -2.08. The molecule has 0 saturated carbocycles. The molecule has 2 rings (SSSR count). The molecule has 0 radical (unpaired) electrons. The summed E-state index contributed by atoms with van der Waals surface area (Å²) in [6, 6.07) is 12.1. The van der Waals surface area contributed by atoms with Crippen LogP contribution in [0.3, 0.4) is 0 Å². The minimum Gasteiger partial charge on any atom is -0.507 e. The van der Waals surface area contributed by atoms with E-state index in [1.54, 1.807) is 6.07 Å². The van der Waals surface area contributed by atoms with Crippen LogP contribution < -0.4 is 0 Å². The van der Waals surface area contributed by atoms with Crippen molar-refractivity contribution in [2.75, 3.05) is 6.54 Å². The SMILES string of the molecule is CCCCN=C(c1ccc(C)cc1C)c1cc(C)ccc1O. The van der Waals surface area contributed by atoms with E-state index in [-0.39, 0.29) is 0 Å². The highest BCUT2D eigenvalue weighted by molar-refractivity contribution is 6.15. The van der Waals surface area contributed by atoms with Gasteiger partial charge in [-0.3, -0.25) is 4.99 Å². The maximum absolute atomic E-state index is 10.3. The average Bonchev–Trinajstić information content (AvgIpc) is 2.48. The van der Waals surface area contributed by atoms with Crippen molar-refractivity contribution in [2.24, 2.45) is 4.99 Å². The zero-order valence-electron chi connectivity index (χ0n) is 14.0. The molecule has 0 heterocycles. The number of aromatic hydroxyl groups is 1. The number of unbranched alkanes of at least 4 members (excludes halogenated alkanes) is 1. The second-order valence-corrected chi connectivity index (χ2v) is 5.92. The van der Waals surface area contributed by atoms with Crippen LogP contribution in [-0.2, 0) is 0 Å². The Morgan fingerprint density at radius 3 is 2.32 bits per heavy atom. The summed E-state index contributed by atoms with van der Waals surface area (Å²) in [6.07, 6.45) is 2.17. The quantitative estimate of drug-likeness (QED) is 0.614. The van der Waals surface area contributed by atoms with Crippen LogP contribution >= 0.6 is 0 Å². The summed E-state index contributed by atoms with van der Waals surface area (Å²) in [6.45, 7) is 9.18. The van der Waals surface area contributed by atoms with E-state index in [0.29, 0.717) is 5.75 Å². The fourth-order valence-corrected chi connectivity index (χ4v) is 2.58. The molecule has 0 fully saturated rings. The number of hydrogen-bond donors (Lipinski definition) is 1. The first-order valence-electron chi connectivity index (χ1n) is 7.95. The number of benzene rings is 2. The number of rotatable bonds is 5. The fraction of sp³-hybridized carbons (Fsp3) is 0.350. The van der Waals surface area contributed by atoms with E-state index in [0.717, 1.165) is 41.8 Å². The van der Waals surface area contributed by atoms with Gasteiger partial charge in [0.15, 0.2) is 0 Å². The maximum Gasteiger partial charge on any atom is 0.124 e. The molecule has 0 bridgehead atoms. The van der Waals surface area contributed by atoms with Crippen LogP contribution in [0.4, 0.5) is 0 Å². The molecule has 116 valence electrons. The Morgan fingerprint density at radius 1 is 0.955 bits per heavy atom. The summed E-state index contributed by atoms with van der Waals surface area (Å²) in [5, 5.41) is 10.3. The van der Waals surface area contributed by atoms with Crippen LogP contribution in [0, 0.1) is 20.8 Å². The van der Waals surface area contributed by atoms with Gasteiger partial charge >= 0.3 is 0 Å². The second kappa shape index (κ2) is 7.26. The molecule has 0 atom stereocenters. The van der Waals surface area contributed by atoms with E-state index in [9.17, 15) is 5.11 Å². The van der Waals surface area contributed by atoms with E-state index in [4.69, 9.17) is 4.99 Å². The van der Waals surface area contributed by atoms with Gasteiger partial charge in [-0.2, -0.15) is 0 Å². The molecule has 0 amide bonds. The molecule has 2 aromatic rings. The zero-order valence-corrected chi connectivity index (χ0v) is 14.0. The Morgan fingerprint density at radius 2 is 1.64 bits per heavy atom. The lowest BCUT2D eigenvalue weighted by atomic mass is 9.95. The van der Waals surface area contributed by atoms with Crippen molar-refractivity contribution < 1.29 is 5.11 Å². The third-order valence-electron chi connectivity index (χ3n) is 3.83. The van der Waals surface area contributed by atoms with Crippen molar-refractivity contribution in [3.63, 3.8) is 0 Å². The summed E-state index contributed by atoms with van der Waals surface area (Å²) in [5.74, 6) is 0.292. The number of aliphatic imine (C=N–C) groups is 1. The summed E-state index contributed by atoms with van der Waals surface area (Å²) in [4.78, 5) is 4.80. The lowest BCUT2D eigenvalue weighted by Gasteiger charge is -2.13. The maximum atomic E-state index is 10.3. The van der Waals surface area contributed by atoms with Gasteiger partial charge in [0, 0.05) is 17.7 Å². The van der Waals surface area contributed by atoms with Gasteiger partial charge in [-0.15, -0.1) is 0 Å². The minimum atomic E-state index is 0.292. The van der Waals surface area contributed by atoms with E-state index in [1.165, 1.54) is 11.1 Å². The Balaban J connectivity index is 2.56. The monoisotopic (exact) mass is 295 g/mol. The number of phenols is 1. The molecule has 0 spiro atoms. The van der Waals surface area contributed by atoms with Crippen LogP contribution in [0.5, 0.6) is 5.75 Å². The van der Waals surface area contributed by atoms with Gasteiger partial charge in [0.05, 0.1) is 5.71 Å². The van der Waals surface area contributed by atoms with E-state index in [1.807, 2.05) is 19.1 Å². The molecule has 0 aliphatic carbocycles. The minimum absolute atomic E-state index is 0.292. The first-order valence-corrected chi connectivity index (χ1v) is 7.95. The summed E-state index contributed by atoms with van der Waals surface area (Å²) < 4.78 is 0. The molecular formula is C20H25NO. The number of phenolic OH excluding ortho intramolecular Hbond substituents is 1. The second-order valence-electron chi connectivity index (χ2n) is 5.92. The third-order valence-corrected chi connectivity index (χ3v) is 3.83. The van der Waals surface area contributed by atoms with Gasteiger partial charge in [-0.05, 0) is 44.9 Å².